The average Bonchev–Trinajstić information content (AvgIpc) is 2.58. The predicted molar refractivity (Wildman–Crippen MR) is 98.8 cm³/mol. The van der Waals surface area contributed by atoms with Crippen molar-refractivity contribution in [1.29, 1.82) is 0 Å². The van der Waals surface area contributed by atoms with E-state index in [1.54, 1.807) is 6.92 Å². The van der Waals surface area contributed by atoms with E-state index in [2.05, 4.69) is 0 Å². The number of carbonyl (C=O) groups is 1. The molecule has 0 spiro atoms. The maximum Gasteiger partial charge on any atom is 0.338 e. The quantitative estimate of drug-likeness (QED) is 0.280. The molecule has 0 aliphatic carbocycles. The van der Waals surface area contributed by atoms with Crippen LogP contribution in [-0.4, -0.2) is 25.9 Å². The van der Waals surface area contributed by atoms with Crippen molar-refractivity contribution < 1.29 is 27.1 Å². The number of hydrogen-bond donors (Lipinski definition) is 0. The van der Waals surface area contributed by atoms with Gasteiger partial charge in [-0.3, -0.25) is 10.1 Å². The minimum absolute atomic E-state index is 0.0481. The van der Waals surface area contributed by atoms with Crippen LogP contribution >= 0.6 is 23.2 Å². The summed E-state index contributed by atoms with van der Waals surface area (Å²) in [6.45, 7) is 1.78. The van der Waals surface area contributed by atoms with Gasteiger partial charge in [-0.1, -0.05) is 35.3 Å². The van der Waals surface area contributed by atoms with Crippen LogP contribution in [0.2, 0.25) is 10.0 Å². The molecule has 2 rings (SSSR count). The number of non-ortho nitro benzene ring substituents is 1. The lowest BCUT2D eigenvalue weighted by atomic mass is 10.2. The first-order valence-corrected chi connectivity index (χ1v) is 9.78. The number of ether oxygens (including phenoxy) is 1. The topological polar surface area (TPSA) is 113 Å². The zero-order valence-corrected chi connectivity index (χ0v) is 16.2. The summed E-state index contributed by atoms with van der Waals surface area (Å²) in [5, 5.41) is 10.3. The van der Waals surface area contributed by atoms with Gasteiger partial charge in [0.05, 0.1) is 27.1 Å². The standard InChI is InChI=1S/C16H13Cl2NO7S/c1-2-25-16(20)11-7-13(17)15(14(18)8-11)26-27(23,24)9-10-3-5-12(6-4-10)19(21)22/h3-8H,2,9H2,1H3. The van der Waals surface area contributed by atoms with Crippen LogP contribution < -0.4 is 4.18 Å². The van der Waals surface area contributed by atoms with E-state index in [1.807, 2.05) is 0 Å². The molecule has 11 heteroatoms. The van der Waals surface area contributed by atoms with Gasteiger partial charge in [0.1, 0.15) is 5.75 Å². The lowest BCUT2D eigenvalue weighted by molar-refractivity contribution is -0.384. The van der Waals surface area contributed by atoms with E-state index in [4.69, 9.17) is 32.1 Å². The summed E-state index contributed by atoms with van der Waals surface area (Å²) in [5.41, 5.74) is 0.153. The van der Waals surface area contributed by atoms with E-state index < -0.39 is 26.8 Å². The third-order valence-electron chi connectivity index (χ3n) is 3.21. The molecule has 2 aromatic rings. The molecule has 0 heterocycles. The first-order chi connectivity index (χ1) is 12.6. The smallest absolute Gasteiger partial charge is 0.338 e. The Labute approximate surface area is 164 Å². The van der Waals surface area contributed by atoms with E-state index >= 15 is 0 Å². The molecule has 0 unspecified atom stereocenters. The molecule has 0 N–H and O–H groups in total. The summed E-state index contributed by atoms with van der Waals surface area (Å²) in [4.78, 5) is 21.7. The minimum Gasteiger partial charge on any atom is -0.462 e. The SMILES string of the molecule is CCOC(=O)c1cc(Cl)c(OS(=O)(=O)Cc2ccc([N+](=O)[O-])cc2)c(Cl)c1. The van der Waals surface area contributed by atoms with Crippen molar-refractivity contribution in [2.45, 2.75) is 12.7 Å². The molecule has 0 saturated heterocycles. The number of esters is 1. The molecule has 0 aromatic heterocycles. The Morgan fingerprint density at radius 1 is 1.15 bits per heavy atom. The highest BCUT2D eigenvalue weighted by Gasteiger charge is 2.21. The number of nitrogens with zero attached hydrogens (tertiary/aromatic N) is 1. The van der Waals surface area contributed by atoms with Crippen molar-refractivity contribution in [3.63, 3.8) is 0 Å². The van der Waals surface area contributed by atoms with Crippen LogP contribution in [-0.2, 0) is 20.6 Å². The molecule has 8 nitrogen and oxygen atoms in total. The van der Waals surface area contributed by atoms with E-state index in [9.17, 15) is 23.3 Å². The Morgan fingerprint density at radius 2 is 1.70 bits per heavy atom. The van der Waals surface area contributed by atoms with Gasteiger partial charge in [0.2, 0.25) is 0 Å². The van der Waals surface area contributed by atoms with Gasteiger partial charge in [0.15, 0.2) is 5.75 Å². The van der Waals surface area contributed by atoms with Gasteiger partial charge >= 0.3 is 16.1 Å². The molecule has 27 heavy (non-hydrogen) atoms. The molecule has 2 aromatic carbocycles. The van der Waals surface area contributed by atoms with Gasteiger partial charge in [-0.25, -0.2) is 4.79 Å². The molecular formula is C16H13Cl2NO7S. The fourth-order valence-electron chi connectivity index (χ4n) is 2.05. The highest BCUT2D eigenvalue weighted by molar-refractivity contribution is 7.86. The van der Waals surface area contributed by atoms with E-state index in [0.29, 0.717) is 0 Å². The first-order valence-electron chi connectivity index (χ1n) is 7.44. The van der Waals surface area contributed by atoms with E-state index in [-0.39, 0.29) is 39.2 Å². The van der Waals surface area contributed by atoms with Crippen molar-refractivity contribution in [3.05, 3.63) is 67.7 Å². The molecule has 0 saturated carbocycles. The summed E-state index contributed by atoms with van der Waals surface area (Å²) in [7, 11) is -4.16. The lowest BCUT2D eigenvalue weighted by Crippen LogP contribution is -2.13. The zero-order valence-electron chi connectivity index (χ0n) is 13.8. The van der Waals surface area contributed by atoms with Crippen LogP contribution in [0.5, 0.6) is 5.75 Å². The van der Waals surface area contributed by atoms with Gasteiger partial charge in [-0.15, -0.1) is 0 Å². The highest BCUT2D eigenvalue weighted by atomic mass is 35.5. The maximum atomic E-state index is 12.2. The fraction of sp³-hybridized carbons (Fsp3) is 0.188. The van der Waals surface area contributed by atoms with Gasteiger partial charge < -0.3 is 8.92 Å². The molecule has 0 amide bonds. The first kappa shape index (κ1) is 20.9. The Hall–Kier alpha value is -2.36. The second kappa shape index (κ2) is 8.55. The number of nitro groups is 1. The number of hydrogen-bond acceptors (Lipinski definition) is 7. The Kier molecular flexibility index (Phi) is 6.63. The van der Waals surface area contributed by atoms with Crippen LogP contribution in [0.15, 0.2) is 36.4 Å². The monoisotopic (exact) mass is 433 g/mol. The summed E-state index contributed by atoms with van der Waals surface area (Å²) in [6, 6.07) is 7.32. The normalized spacial score (nSPS) is 11.1. The lowest BCUT2D eigenvalue weighted by Gasteiger charge is -2.11. The Bertz CT molecular complexity index is 952. The molecule has 0 bridgehead atoms. The van der Waals surface area contributed by atoms with Crippen LogP contribution in [0, 0.1) is 10.1 Å². The fourth-order valence-corrected chi connectivity index (χ4v) is 3.80. The summed E-state index contributed by atoms with van der Waals surface area (Å²) in [5.74, 6) is -1.55. The molecule has 0 atom stereocenters. The number of nitro benzene ring substituents is 1. The van der Waals surface area contributed by atoms with Crippen LogP contribution in [0.4, 0.5) is 5.69 Å². The number of rotatable bonds is 7. The third-order valence-corrected chi connectivity index (χ3v) is 4.88. The molecule has 144 valence electrons. The van der Waals surface area contributed by atoms with Crippen LogP contribution in [0.25, 0.3) is 0 Å². The molecule has 0 fully saturated rings. The van der Waals surface area contributed by atoms with Crippen molar-refractivity contribution in [1.82, 2.24) is 0 Å². The number of benzene rings is 2. The summed E-state index contributed by atoms with van der Waals surface area (Å²) < 4.78 is 34.3. The third kappa shape index (κ3) is 5.56. The van der Waals surface area contributed by atoms with Crippen molar-refractivity contribution >= 4 is 45.0 Å². The average molecular weight is 434 g/mol. The minimum atomic E-state index is -4.16. The second-order valence-corrected chi connectivity index (χ2v) is 7.58. The zero-order chi connectivity index (χ0) is 20.2. The maximum absolute atomic E-state index is 12.2. The van der Waals surface area contributed by atoms with Crippen LogP contribution in [0.1, 0.15) is 22.8 Å². The van der Waals surface area contributed by atoms with Crippen molar-refractivity contribution in [2.24, 2.45) is 0 Å². The van der Waals surface area contributed by atoms with Gasteiger partial charge in [-0.2, -0.15) is 8.42 Å². The molecular weight excluding hydrogens is 421 g/mol. The summed E-state index contributed by atoms with van der Waals surface area (Å²) in [6.07, 6.45) is 0. The van der Waals surface area contributed by atoms with Crippen LogP contribution in [0.3, 0.4) is 0 Å². The number of carbonyl (C=O) groups excluding carboxylic acids is 1. The van der Waals surface area contributed by atoms with E-state index in [1.165, 1.54) is 36.4 Å². The predicted octanol–water partition coefficient (Wildman–Crippen LogP) is 3.99. The summed E-state index contributed by atoms with van der Waals surface area (Å²) >= 11 is 12.0. The van der Waals surface area contributed by atoms with Gasteiger partial charge in [0, 0.05) is 12.1 Å². The largest absolute Gasteiger partial charge is 0.462 e. The Morgan fingerprint density at radius 3 is 2.19 bits per heavy atom. The highest BCUT2D eigenvalue weighted by Crippen LogP contribution is 2.36. The molecule has 0 aliphatic rings. The molecule has 0 radical (unpaired) electrons. The van der Waals surface area contributed by atoms with Crippen molar-refractivity contribution in [3.8, 4) is 5.75 Å². The number of halogens is 2. The van der Waals surface area contributed by atoms with Gasteiger partial charge in [-0.05, 0) is 24.6 Å². The second-order valence-electron chi connectivity index (χ2n) is 5.20. The van der Waals surface area contributed by atoms with E-state index in [0.717, 1.165) is 0 Å². The van der Waals surface area contributed by atoms with Gasteiger partial charge in [0.25, 0.3) is 5.69 Å². The Balaban J connectivity index is 2.21. The van der Waals surface area contributed by atoms with Crippen molar-refractivity contribution in [2.75, 3.05) is 6.61 Å². The molecule has 0 aliphatic heterocycles.